The van der Waals surface area contributed by atoms with Crippen LogP contribution in [0.2, 0.25) is 0 Å². The summed E-state index contributed by atoms with van der Waals surface area (Å²) in [6.45, 7) is 12.3. The average Bonchev–Trinajstić information content (AvgIpc) is 2.38. The topological polar surface area (TPSA) is 63.2 Å². The first-order chi connectivity index (χ1) is 8.90. The largest absolute Gasteiger partial charge is 0.274 e. The summed E-state index contributed by atoms with van der Waals surface area (Å²) in [6, 6.07) is 4.46. The van der Waals surface area contributed by atoms with Gasteiger partial charge in [-0.1, -0.05) is 45.2 Å². The molecule has 1 amide bonds. The van der Waals surface area contributed by atoms with Crippen molar-refractivity contribution in [2.75, 3.05) is 0 Å². The number of benzene rings is 1. The van der Waals surface area contributed by atoms with Gasteiger partial charge in [0.05, 0.1) is 4.90 Å². The van der Waals surface area contributed by atoms with E-state index in [-0.39, 0.29) is 6.32 Å². The molecule has 106 valence electrons. The molecule has 0 saturated carbocycles. The lowest BCUT2D eigenvalue weighted by atomic mass is 10.1. The molecule has 0 bridgehead atoms. The molecule has 0 unspecified atom stereocenters. The highest BCUT2D eigenvalue weighted by molar-refractivity contribution is 7.90. The van der Waals surface area contributed by atoms with Crippen LogP contribution < -0.4 is 4.72 Å². The van der Waals surface area contributed by atoms with E-state index in [0.717, 1.165) is 12.5 Å². The molecular weight excluding hydrogens is 262 g/mol. The van der Waals surface area contributed by atoms with Gasteiger partial charge in [-0.25, -0.2) is 13.1 Å². The molecule has 0 atom stereocenters. The molecule has 19 heavy (non-hydrogen) atoms. The van der Waals surface area contributed by atoms with E-state index < -0.39 is 15.9 Å². The summed E-state index contributed by atoms with van der Waals surface area (Å²) in [5, 5.41) is 0. The summed E-state index contributed by atoms with van der Waals surface area (Å²) in [4.78, 5) is 10.8. The van der Waals surface area contributed by atoms with Crippen LogP contribution in [0.3, 0.4) is 0 Å². The molecule has 4 nitrogen and oxygen atoms in total. The van der Waals surface area contributed by atoms with Crippen LogP contribution in [-0.4, -0.2) is 14.3 Å². The van der Waals surface area contributed by atoms with Gasteiger partial charge >= 0.3 is 0 Å². The summed E-state index contributed by atoms with van der Waals surface area (Å²) in [6.07, 6.45) is 3.13. The number of carbonyl (C=O) groups excluding carboxylic acids is 1. The Morgan fingerprint density at radius 1 is 1.21 bits per heavy atom. The number of hydrogen-bond acceptors (Lipinski definition) is 3. The summed E-state index contributed by atoms with van der Waals surface area (Å²) in [5.74, 6) is -0.627. The Morgan fingerprint density at radius 3 is 2.16 bits per heavy atom. The Morgan fingerprint density at radius 2 is 1.74 bits per heavy atom. The van der Waals surface area contributed by atoms with Gasteiger partial charge in [0.15, 0.2) is 0 Å². The second-order valence-electron chi connectivity index (χ2n) is 3.36. The quantitative estimate of drug-likeness (QED) is 0.923. The normalized spacial score (nSPS) is 9.84. The number of carbonyl (C=O) groups is 1. The van der Waals surface area contributed by atoms with Gasteiger partial charge < -0.3 is 0 Å². The minimum Gasteiger partial charge on any atom is -0.274 e. The monoisotopic (exact) mass is 283 g/mol. The first-order valence-electron chi connectivity index (χ1n) is 5.83. The number of hydrogen-bond donors (Lipinski definition) is 1. The van der Waals surface area contributed by atoms with Crippen LogP contribution in [0.25, 0.3) is 12.2 Å². The van der Waals surface area contributed by atoms with E-state index in [0.29, 0.717) is 5.56 Å². The predicted octanol–water partition coefficient (Wildman–Crippen LogP) is 3.07. The first kappa shape index (κ1) is 17.1. The van der Waals surface area contributed by atoms with Gasteiger partial charge in [-0.3, -0.25) is 4.79 Å². The molecule has 1 aromatic carbocycles. The van der Waals surface area contributed by atoms with Crippen molar-refractivity contribution in [3.63, 3.8) is 0 Å². The molecule has 1 aromatic rings. The van der Waals surface area contributed by atoms with Gasteiger partial charge in [0, 0.05) is 8.35 Å². The summed E-state index contributed by atoms with van der Waals surface area (Å²) in [5.41, 5.74) is 1.42. The van der Waals surface area contributed by atoms with E-state index >= 15 is 0 Å². The lowest BCUT2D eigenvalue weighted by Crippen LogP contribution is -2.28. The maximum absolute atomic E-state index is 11.7. The number of amides is 1. The highest BCUT2D eigenvalue weighted by Gasteiger charge is 2.15. The van der Waals surface area contributed by atoms with Crippen LogP contribution in [0.5, 0.6) is 0 Å². The molecule has 0 fully saturated rings. The van der Waals surface area contributed by atoms with Crippen LogP contribution in [-0.2, 0) is 14.8 Å². The third-order valence-corrected chi connectivity index (χ3v) is 3.52. The van der Waals surface area contributed by atoms with E-state index in [9.17, 15) is 13.2 Å². The van der Waals surface area contributed by atoms with Gasteiger partial charge in [-0.2, -0.15) is 0 Å². The van der Waals surface area contributed by atoms with Crippen molar-refractivity contribution < 1.29 is 14.6 Å². The molecule has 0 aliphatic carbocycles. The summed E-state index contributed by atoms with van der Waals surface area (Å²) >= 11 is 0. The van der Waals surface area contributed by atoms with E-state index in [4.69, 9.17) is 0 Å². The molecule has 1 rings (SSSR count). The molecule has 0 saturated heterocycles. The minimum absolute atomic E-state index is 0. The van der Waals surface area contributed by atoms with Crippen LogP contribution in [0.1, 0.15) is 33.3 Å². The van der Waals surface area contributed by atoms with Gasteiger partial charge in [0.2, 0.25) is 5.91 Å². The van der Waals surface area contributed by atoms with Crippen molar-refractivity contribution in [1.82, 2.24) is 4.72 Å². The SMILES string of the molecule is C=Cc1ccc(S(=O)(=O)NC(C)=O)cc1C=C.CC.[HH]. The molecular formula is C14H21NO3S. The zero-order chi connectivity index (χ0) is 15.1. The smallest absolute Gasteiger partial charge is 0.264 e. The Bertz CT molecular complexity index is 580. The molecule has 0 aromatic heterocycles. The average molecular weight is 283 g/mol. The second kappa shape index (κ2) is 7.53. The third-order valence-electron chi connectivity index (χ3n) is 2.09. The van der Waals surface area contributed by atoms with Crippen molar-refractivity contribution in [3.8, 4) is 0 Å². The highest BCUT2D eigenvalue weighted by Crippen LogP contribution is 2.18. The predicted molar refractivity (Wildman–Crippen MR) is 81.1 cm³/mol. The maximum Gasteiger partial charge on any atom is 0.264 e. The number of nitrogens with one attached hydrogen (secondary N) is 1. The molecule has 0 radical (unpaired) electrons. The van der Waals surface area contributed by atoms with Crippen molar-refractivity contribution in [3.05, 3.63) is 42.5 Å². The number of sulfonamides is 1. The van der Waals surface area contributed by atoms with E-state index in [1.54, 1.807) is 12.1 Å². The molecule has 0 heterocycles. The van der Waals surface area contributed by atoms with Gasteiger partial charge in [0.25, 0.3) is 10.0 Å². The van der Waals surface area contributed by atoms with E-state index in [1.807, 2.05) is 18.6 Å². The summed E-state index contributed by atoms with van der Waals surface area (Å²) < 4.78 is 25.3. The fourth-order valence-electron chi connectivity index (χ4n) is 1.33. The van der Waals surface area contributed by atoms with Crippen LogP contribution >= 0.6 is 0 Å². The minimum atomic E-state index is -3.80. The molecule has 0 aliphatic heterocycles. The Labute approximate surface area is 116 Å². The van der Waals surface area contributed by atoms with Crippen LogP contribution in [0, 0.1) is 0 Å². The fourth-order valence-corrected chi connectivity index (χ4v) is 2.36. The van der Waals surface area contributed by atoms with Crippen LogP contribution in [0.15, 0.2) is 36.3 Å². The van der Waals surface area contributed by atoms with Gasteiger partial charge in [-0.05, 0) is 23.3 Å². The van der Waals surface area contributed by atoms with E-state index in [2.05, 4.69) is 13.2 Å². The molecule has 0 aliphatic rings. The standard InChI is InChI=1S/C12H13NO3S.C2H6.H2/c1-4-10-6-7-12(8-11(10)5-2)17(15,16)13-9(3)14;1-2;/h4-8H,1-2H2,3H3,(H,13,14);1-2H3;1H. The van der Waals surface area contributed by atoms with Gasteiger partial charge in [0.1, 0.15) is 0 Å². The summed E-state index contributed by atoms with van der Waals surface area (Å²) in [7, 11) is -3.80. The Hall–Kier alpha value is -1.88. The number of rotatable bonds is 4. The zero-order valence-electron chi connectivity index (χ0n) is 11.4. The third kappa shape index (κ3) is 4.71. The van der Waals surface area contributed by atoms with Crippen molar-refractivity contribution in [2.24, 2.45) is 0 Å². The lowest BCUT2D eigenvalue weighted by Gasteiger charge is -2.07. The zero-order valence-corrected chi connectivity index (χ0v) is 12.3. The Kier molecular flexibility index (Phi) is 6.79. The first-order valence-corrected chi connectivity index (χ1v) is 7.31. The van der Waals surface area contributed by atoms with Crippen molar-refractivity contribution in [1.29, 1.82) is 0 Å². The maximum atomic E-state index is 11.7. The molecule has 5 heteroatoms. The fraction of sp³-hybridized carbons (Fsp3) is 0.214. The van der Waals surface area contributed by atoms with Gasteiger partial charge in [-0.15, -0.1) is 0 Å². The highest BCUT2D eigenvalue weighted by atomic mass is 32.2. The van der Waals surface area contributed by atoms with E-state index in [1.165, 1.54) is 18.2 Å². The van der Waals surface area contributed by atoms with Crippen LogP contribution in [0.4, 0.5) is 0 Å². The Balaban J connectivity index is 0. The van der Waals surface area contributed by atoms with Crippen molar-refractivity contribution >= 4 is 28.1 Å². The lowest BCUT2D eigenvalue weighted by molar-refractivity contribution is -0.117. The molecule has 0 spiro atoms. The van der Waals surface area contributed by atoms with Crippen molar-refractivity contribution in [2.45, 2.75) is 25.7 Å². The molecule has 1 N–H and O–H groups in total. The second-order valence-corrected chi connectivity index (χ2v) is 5.04.